The molecule has 5 heterocycles. The van der Waals surface area contributed by atoms with Gasteiger partial charge in [0.1, 0.15) is 41.4 Å². The average molecular weight is 1100 g/mol. The van der Waals surface area contributed by atoms with Crippen LogP contribution < -0.4 is 0 Å². The summed E-state index contributed by atoms with van der Waals surface area (Å²) in [5, 5.41) is 0. The second-order valence-electron chi connectivity index (χ2n) is 25.2. The van der Waals surface area contributed by atoms with Crippen molar-refractivity contribution in [3.8, 4) is 0 Å². The van der Waals surface area contributed by atoms with Crippen molar-refractivity contribution in [1.29, 1.82) is 0 Å². The van der Waals surface area contributed by atoms with E-state index in [1.54, 1.807) is 0 Å². The number of rotatable bonds is 15. The van der Waals surface area contributed by atoms with Gasteiger partial charge in [-0.05, 0) is 114 Å². The maximum Gasteiger partial charge on any atom is 0.309 e. The Morgan fingerprint density at radius 3 is 1.40 bits per heavy atom. The molecule has 0 aromatic carbocycles. The highest BCUT2D eigenvalue weighted by molar-refractivity contribution is 5.89. The van der Waals surface area contributed by atoms with Crippen molar-refractivity contribution in [3.63, 3.8) is 0 Å². The molecule has 5 aliphatic carbocycles. The Labute approximate surface area is 475 Å². The van der Waals surface area contributed by atoms with Gasteiger partial charge in [0, 0.05) is 65.1 Å². The number of ketones is 4. The predicted molar refractivity (Wildman–Crippen MR) is 312 cm³/mol. The summed E-state index contributed by atoms with van der Waals surface area (Å²) < 4.78 is 21.1. The van der Waals surface area contributed by atoms with Crippen molar-refractivity contribution in [2.45, 2.75) is 286 Å². The maximum absolute atomic E-state index is 12.3. The third-order valence-electron chi connectivity index (χ3n) is 19.1. The zero-order valence-electron chi connectivity index (χ0n) is 53.5. The minimum Gasteiger partial charge on any atom is -0.465 e. The summed E-state index contributed by atoms with van der Waals surface area (Å²) in [5.74, 6) is 4.53. The Morgan fingerprint density at radius 2 is 0.936 bits per heavy atom. The summed E-state index contributed by atoms with van der Waals surface area (Å²) >= 11 is 0. The number of fused-ring (bicyclic) bond motifs is 4. The van der Waals surface area contributed by atoms with Gasteiger partial charge < -0.3 is 18.9 Å². The molecule has 12 nitrogen and oxygen atoms in total. The molecule has 11 unspecified atom stereocenters. The predicted octanol–water partition coefficient (Wildman–Crippen LogP) is 15.5. The SMILES string of the molecule is CC.CC.CC.CC.CCC(=O)C(C)(C)CC.CCC(C)(C)C(=O)CC1C2CC3C(=O)OC1C3C2.CCC(C)(C)C(=O)CC1CCC2CC1OC2=O.CCC(C)(C)C(=O)CC1CCOC1=O.O=C1OC2CC3CC(C2)CC1C3. The van der Waals surface area contributed by atoms with Gasteiger partial charge in [-0.15, -0.1) is 0 Å². The summed E-state index contributed by atoms with van der Waals surface area (Å²) in [6.45, 7) is 42.4. The number of Topliss-reactive ketones (excluding diaryl/α,β-unsaturated/α-hetero) is 4. The van der Waals surface area contributed by atoms with Gasteiger partial charge in [0.2, 0.25) is 0 Å². The molecule has 5 saturated carbocycles. The first-order valence-corrected chi connectivity index (χ1v) is 31.6. The van der Waals surface area contributed by atoms with Gasteiger partial charge >= 0.3 is 23.9 Å². The molecule has 0 spiro atoms. The van der Waals surface area contributed by atoms with E-state index in [1.807, 2.05) is 138 Å². The van der Waals surface area contributed by atoms with Crippen molar-refractivity contribution in [3.05, 3.63) is 0 Å². The normalized spacial score (nSPS) is 30.0. The lowest BCUT2D eigenvalue weighted by atomic mass is 9.68. The molecule has 0 radical (unpaired) electrons. The highest BCUT2D eigenvalue weighted by Crippen LogP contribution is 2.58. The van der Waals surface area contributed by atoms with Crippen molar-refractivity contribution in [2.24, 2.45) is 80.8 Å². The number of hydrogen-bond donors (Lipinski definition) is 0. The smallest absolute Gasteiger partial charge is 0.309 e. The van der Waals surface area contributed by atoms with Crippen LogP contribution in [-0.4, -0.2) is 71.9 Å². The monoisotopic (exact) mass is 1100 g/mol. The molecule has 12 heteroatoms. The van der Waals surface area contributed by atoms with Crippen molar-refractivity contribution >= 4 is 47.0 Å². The standard InChI is InChI=1S/C15H22O3.C14H22O3.C11H18O3.C10H14O2.C8H16O.4C2H6/c1-4-15(2,3)12(16)7-9-8-5-10-11(6-8)14(17)18-13(9)10;1-4-14(2,3)12(15)8-9-5-6-10-7-11(9)17-13(10)16;1-4-11(2,3)9(12)7-8-5-6-14-10(8)13;11-10-8-2-6-1-7(3-8)5-9(4-6)12-10;1-5-7(9)8(3,4)6-2;4*1-2/h8-11,13H,4-7H2,1-3H3;9-11H,4-8H2,1-3H3;8H,4-7H2,1-3H3;6-9H,1-5H2;5-6H2,1-4H3;4*1-2H3. The molecule has 8 bridgehead atoms. The second-order valence-corrected chi connectivity index (χ2v) is 25.2. The molecule has 0 N–H and O–H groups in total. The first kappa shape index (κ1) is 72.6. The third kappa shape index (κ3) is 19.6. The summed E-state index contributed by atoms with van der Waals surface area (Å²) in [4.78, 5) is 93.1. The summed E-state index contributed by atoms with van der Waals surface area (Å²) in [6, 6.07) is 0. The molecule has 78 heavy (non-hydrogen) atoms. The van der Waals surface area contributed by atoms with Crippen LogP contribution in [0, 0.1) is 80.8 Å². The van der Waals surface area contributed by atoms with Gasteiger partial charge in [-0.2, -0.15) is 0 Å². The van der Waals surface area contributed by atoms with E-state index in [-0.39, 0.29) is 99.2 Å². The number of cyclic esters (lactones) is 1. The Hall–Kier alpha value is -3.44. The van der Waals surface area contributed by atoms with Crippen LogP contribution in [-0.2, 0) is 57.3 Å². The Morgan fingerprint density at radius 1 is 0.462 bits per heavy atom. The molecule has 11 atom stereocenters. The first-order chi connectivity index (χ1) is 36.7. The number of carbonyl (C=O) groups excluding carboxylic acids is 8. The van der Waals surface area contributed by atoms with Gasteiger partial charge in [0.25, 0.3) is 0 Å². The van der Waals surface area contributed by atoms with E-state index in [0.717, 1.165) is 95.3 Å². The van der Waals surface area contributed by atoms with E-state index in [2.05, 4.69) is 6.92 Å². The highest BCUT2D eigenvalue weighted by Gasteiger charge is 2.62. The van der Waals surface area contributed by atoms with E-state index < -0.39 is 0 Å². The van der Waals surface area contributed by atoms with Gasteiger partial charge in [-0.3, -0.25) is 38.4 Å². The van der Waals surface area contributed by atoms with E-state index in [0.29, 0.717) is 73.8 Å². The summed E-state index contributed by atoms with van der Waals surface area (Å²) in [6.07, 6.45) is 17.4. The van der Waals surface area contributed by atoms with E-state index >= 15 is 0 Å². The lowest BCUT2D eigenvalue weighted by molar-refractivity contribution is -0.151. The molecular formula is C66H116O12. The molecule has 0 amide bonds. The van der Waals surface area contributed by atoms with Crippen molar-refractivity contribution < 1.29 is 57.3 Å². The van der Waals surface area contributed by atoms with Crippen LogP contribution in [0.1, 0.15) is 267 Å². The number of esters is 4. The molecule has 0 aromatic rings. The molecule has 0 aromatic heterocycles. The molecule has 5 aliphatic heterocycles. The van der Waals surface area contributed by atoms with Crippen LogP contribution in [0.2, 0.25) is 0 Å². The average Bonchev–Trinajstić information content (AvgIpc) is 4.23. The van der Waals surface area contributed by atoms with Crippen LogP contribution in [0.3, 0.4) is 0 Å². The topological polar surface area (TPSA) is 173 Å². The molecule has 452 valence electrons. The second kappa shape index (κ2) is 33.5. The van der Waals surface area contributed by atoms with Gasteiger partial charge in [0.15, 0.2) is 0 Å². The summed E-state index contributed by atoms with van der Waals surface area (Å²) in [5.41, 5.74) is -0.860. The van der Waals surface area contributed by atoms with Gasteiger partial charge in [-0.25, -0.2) is 0 Å². The van der Waals surface area contributed by atoms with Crippen LogP contribution >= 0.6 is 0 Å². The summed E-state index contributed by atoms with van der Waals surface area (Å²) in [7, 11) is 0. The van der Waals surface area contributed by atoms with E-state index in [4.69, 9.17) is 18.9 Å². The van der Waals surface area contributed by atoms with Crippen LogP contribution in [0.4, 0.5) is 0 Å². The Balaban J connectivity index is 0.000000479. The van der Waals surface area contributed by atoms with Crippen LogP contribution in [0.5, 0.6) is 0 Å². The molecule has 10 rings (SSSR count). The van der Waals surface area contributed by atoms with Gasteiger partial charge in [-0.1, -0.05) is 145 Å². The Kier molecular flexibility index (Phi) is 31.1. The molecule has 5 saturated heterocycles. The molecule has 10 fully saturated rings. The lowest BCUT2D eigenvalue weighted by Gasteiger charge is -2.35. The van der Waals surface area contributed by atoms with E-state index in [9.17, 15) is 38.4 Å². The fraction of sp³-hybridized carbons (Fsp3) is 0.879. The number of ether oxygens (including phenoxy) is 4. The van der Waals surface area contributed by atoms with Crippen LogP contribution in [0.15, 0.2) is 0 Å². The number of hydrogen-bond acceptors (Lipinski definition) is 12. The van der Waals surface area contributed by atoms with Gasteiger partial charge in [0.05, 0.1) is 30.3 Å². The van der Waals surface area contributed by atoms with E-state index in [1.165, 1.54) is 6.42 Å². The molecule has 10 aliphatic rings. The van der Waals surface area contributed by atoms with Crippen LogP contribution in [0.25, 0.3) is 0 Å². The third-order valence-corrected chi connectivity index (χ3v) is 19.1. The minimum atomic E-state index is -0.303. The number of carbonyl (C=O) groups is 8. The fourth-order valence-corrected chi connectivity index (χ4v) is 12.2. The van der Waals surface area contributed by atoms with Crippen molar-refractivity contribution in [1.82, 2.24) is 0 Å². The largest absolute Gasteiger partial charge is 0.465 e. The lowest BCUT2D eigenvalue weighted by Crippen LogP contribution is -2.33. The molecular weight excluding hydrogens is 985 g/mol. The van der Waals surface area contributed by atoms with Crippen molar-refractivity contribution in [2.75, 3.05) is 6.61 Å². The zero-order chi connectivity index (χ0) is 60.1. The fourth-order valence-electron chi connectivity index (χ4n) is 12.2. The minimum absolute atomic E-state index is 0.00259. The maximum atomic E-state index is 12.3. The quantitative estimate of drug-likeness (QED) is 0.112. The first-order valence-electron chi connectivity index (χ1n) is 31.6. The zero-order valence-corrected chi connectivity index (χ0v) is 53.5. The Bertz CT molecular complexity index is 1900. The highest BCUT2D eigenvalue weighted by atomic mass is 16.6.